The summed E-state index contributed by atoms with van der Waals surface area (Å²) in [6.45, 7) is 1.72. The van der Waals surface area contributed by atoms with Crippen molar-refractivity contribution in [3.05, 3.63) is 41.7 Å². The van der Waals surface area contributed by atoms with Gasteiger partial charge in [0, 0.05) is 11.9 Å². The van der Waals surface area contributed by atoms with Gasteiger partial charge in [-0.3, -0.25) is 5.10 Å². The number of carbonyl (C=O) groups is 2. The molecule has 7 heteroatoms. The number of carbonyl (C=O) groups excluding carboxylic acids is 1. The van der Waals surface area contributed by atoms with Crippen molar-refractivity contribution >= 4 is 23.4 Å². The van der Waals surface area contributed by atoms with Gasteiger partial charge in [0.1, 0.15) is 0 Å². The fraction of sp³-hybridized carbons (Fsp3) is 0.0833. The van der Waals surface area contributed by atoms with Crippen molar-refractivity contribution in [3.63, 3.8) is 0 Å². The summed E-state index contributed by atoms with van der Waals surface area (Å²) in [7, 11) is 0. The number of hydrogen-bond acceptors (Lipinski definition) is 3. The second-order valence-electron chi connectivity index (χ2n) is 3.90. The normalized spacial score (nSPS) is 9.95. The van der Waals surface area contributed by atoms with Crippen LogP contribution in [-0.2, 0) is 0 Å². The molecule has 2 rings (SSSR count). The van der Waals surface area contributed by atoms with E-state index >= 15 is 0 Å². The molecule has 0 saturated heterocycles. The van der Waals surface area contributed by atoms with E-state index in [-0.39, 0.29) is 5.56 Å². The third kappa shape index (κ3) is 3.09. The van der Waals surface area contributed by atoms with E-state index < -0.39 is 12.0 Å². The number of aryl methyl sites for hydroxylation is 1. The molecule has 2 amide bonds. The number of carboxylic acid groups (broad SMARTS) is 1. The zero-order valence-electron chi connectivity index (χ0n) is 10.1. The van der Waals surface area contributed by atoms with Crippen molar-refractivity contribution in [3.8, 4) is 0 Å². The van der Waals surface area contributed by atoms with E-state index in [1.54, 1.807) is 19.2 Å². The fourth-order valence-electron chi connectivity index (χ4n) is 1.54. The molecule has 7 nitrogen and oxygen atoms in total. The van der Waals surface area contributed by atoms with Crippen molar-refractivity contribution in [1.82, 2.24) is 10.2 Å². The number of urea groups is 1. The number of aromatic carboxylic acids is 1. The quantitative estimate of drug-likeness (QED) is 0.677. The van der Waals surface area contributed by atoms with Crippen molar-refractivity contribution in [2.45, 2.75) is 6.92 Å². The lowest BCUT2D eigenvalue weighted by Crippen LogP contribution is -2.19. The van der Waals surface area contributed by atoms with Gasteiger partial charge in [-0.05, 0) is 30.7 Å². The third-order valence-corrected chi connectivity index (χ3v) is 2.48. The molecular formula is C12H12N4O3. The van der Waals surface area contributed by atoms with E-state index in [0.717, 1.165) is 0 Å². The average Bonchev–Trinajstić information content (AvgIpc) is 2.84. The molecule has 1 aromatic carbocycles. The predicted octanol–water partition coefficient (Wildman–Crippen LogP) is 2.06. The minimum atomic E-state index is -1.00. The molecule has 0 radical (unpaired) electrons. The van der Waals surface area contributed by atoms with Crippen LogP contribution in [0.1, 0.15) is 15.9 Å². The summed E-state index contributed by atoms with van der Waals surface area (Å²) >= 11 is 0. The van der Waals surface area contributed by atoms with Crippen molar-refractivity contribution < 1.29 is 14.7 Å². The first-order valence-corrected chi connectivity index (χ1v) is 5.47. The molecule has 0 unspecified atom stereocenters. The maximum absolute atomic E-state index is 11.7. The minimum Gasteiger partial charge on any atom is -0.478 e. The van der Waals surface area contributed by atoms with Crippen LogP contribution in [0.15, 0.2) is 30.6 Å². The van der Waals surface area contributed by atoms with E-state index in [0.29, 0.717) is 16.9 Å². The molecule has 1 aromatic heterocycles. The Hall–Kier alpha value is -2.83. The van der Waals surface area contributed by atoms with Gasteiger partial charge in [-0.2, -0.15) is 5.10 Å². The number of rotatable bonds is 3. The van der Waals surface area contributed by atoms with E-state index in [4.69, 9.17) is 5.11 Å². The first-order valence-electron chi connectivity index (χ1n) is 5.47. The van der Waals surface area contributed by atoms with Gasteiger partial charge in [0.25, 0.3) is 0 Å². The van der Waals surface area contributed by atoms with E-state index in [2.05, 4.69) is 20.8 Å². The molecule has 0 atom stereocenters. The van der Waals surface area contributed by atoms with E-state index in [1.807, 2.05) is 0 Å². The number of carboxylic acids is 1. The number of amides is 2. The molecule has 0 aliphatic heterocycles. The molecule has 0 aliphatic carbocycles. The van der Waals surface area contributed by atoms with Crippen molar-refractivity contribution in [2.24, 2.45) is 0 Å². The van der Waals surface area contributed by atoms with Gasteiger partial charge in [0.15, 0.2) is 0 Å². The Bertz CT molecular complexity index is 607. The van der Waals surface area contributed by atoms with Gasteiger partial charge in [0.05, 0.1) is 17.4 Å². The minimum absolute atomic E-state index is 0.179. The molecule has 2 aromatic rings. The molecule has 0 aliphatic rings. The molecule has 0 fully saturated rings. The molecule has 19 heavy (non-hydrogen) atoms. The second-order valence-corrected chi connectivity index (χ2v) is 3.90. The van der Waals surface area contributed by atoms with E-state index in [1.165, 1.54) is 18.3 Å². The summed E-state index contributed by atoms with van der Waals surface area (Å²) in [5.41, 5.74) is 1.93. The molecule has 0 bridgehead atoms. The average molecular weight is 260 g/mol. The summed E-state index contributed by atoms with van der Waals surface area (Å²) in [6, 6.07) is 4.05. The number of nitrogens with zero attached hydrogens (tertiary/aromatic N) is 1. The smallest absolute Gasteiger partial charge is 0.335 e. The highest BCUT2D eigenvalue weighted by Gasteiger charge is 2.08. The van der Waals surface area contributed by atoms with Gasteiger partial charge in [-0.15, -0.1) is 0 Å². The van der Waals surface area contributed by atoms with Crippen molar-refractivity contribution in [2.75, 3.05) is 10.6 Å². The Morgan fingerprint density at radius 3 is 2.68 bits per heavy atom. The van der Waals surface area contributed by atoms with Crippen LogP contribution in [-0.4, -0.2) is 27.3 Å². The second kappa shape index (κ2) is 5.21. The van der Waals surface area contributed by atoms with Crippen molar-refractivity contribution in [1.29, 1.82) is 0 Å². The molecule has 4 N–H and O–H groups in total. The van der Waals surface area contributed by atoms with Crippen LogP contribution in [0.2, 0.25) is 0 Å². The van der Waals surface area contributed by atoms with Crippen LogP contribution in [0.4, 0.5) is 16.2 Å². The third-order valence-electron chi connectivity index (χ3n) is 2.48. The zero-order valence-corrected chi connectivity index (χ0v) is 10.1. The summed E-state index contributed by atoms with van der Waals surface area (Å²) < 4.78 is 0. The summed E-state index contributed by atoms with van der Waals surface area (Å²) in [5.74, 6) is -1.00. The van der Waals surface area contributed by atoms with Crippen LogP contribution in [0, 0.1) is 6.92 Å². The van der Waals surface area contributed by atoms with Gasteiger partial charge in [-0.1, -0.05) is 0 Å². The molecule has 0 spiro atoms. The Morgan fingerprint density at radius 1 is 1.32 bits per heavy atom. The number of aromatic nitrogens is 2. The number of benzene rings is 1. The maximum atomic E-state index is 11.7. The molecule has 0 saturated carbocycles. The van der Waals surface area contributed by atoms with Gasteiger partial charge < -0.3 is 15.7 Å². The first kappa shape index (κ1) is 12.6. The highest BCUT2D eigenvalue weighted by molar-refractivity contribution is 6.00. The largest absolute Gasteiger partial charge is 0.478 e. The Labute approximate surface area is 108 Å². The van der Waals surface area contributed by atoms with Gasteiger partial charge in [0.2, 0.25) is 0 Å². The summed E-state index contributed by atoms with van der Waals surface area (Å²) in [6.07, 6.45) is 3.01. The monoisotopic (exact) mass is 260 g/mol. The number of nitrogens with one attached hydrogen (secondary N) is 3. The number of hydrogen-bond donors (Lipinski definition) is 4. The topological polar surface area (TPSA) is 107 Å². The molecule has 1 heterocycles. The SMILES string of the molecule is Cc1cc(C(=O)O)ccc1NC(=O)Nc1cn[nH]c1. The predicted molar refractivity (Wildman–Crippen MR) is 69.4 cm³/mol. The lowest BCUT2D eigenvalue weighted by atomic mass is 10.1. The zero-order chi connectivity index (χ0) is 13.8. The molecular weight excluding hydrogens is 248 g/mol. The van der Waals surface area contributed by atoms with Crippen LogP contribution in [0.25, 0.3) is 0 Å². The highest BCUT2D eigenvalue weighted by Crippen LogP contribution is 2.17. The number of anilines is 2. The summed E-state index contributed by atoms with van der Waals surface area (Å²) in [4.78, 5) is 22.5. The standard InChI is InChI=1S/C12H12N4O3/c1-7-4-8(11(17)18)2-3-10(7)16-12(19)15-9-5-13-14-6-9/h2-6H,1H3,(H,13,14)(H,17,18)(H2,15,16,19). The lowest BCUT2D eigenvalue weighted by Gasteiger charge is -2.09. The van der Waals surface area contributed by atoms with Gasteiger partial charge >= 0.3 is 12.0 Å². The number of H-pyrrole nitrogens is 1. The van der Waals surface area contributed by atoms with Crippen LogP contribution in [0.3, 0.4) is 0 Å². The summed E-state index contributed by atoms with van der Waals surface area (Å²) in [5, 5.41) is 20.3. The molecule has 98 valence electrons. The van der Waals surface area contributed by atoms with Crippen LogP contribution >= 0.6 is 0 Å². The Kier molecular flexibility index (Phi) is 3.46. The van der Waals surface area contributed by atoms with Gasteiger partial charge in [-0.25, -0.2) is 9.59 Å². The maximum Gasteiger partial charge on any atom is 0.335 e. The fourth-order valence-corrected chi connectivity index (χ4v) is 1.54. The van der Waals surface area contributed by atoms with Crippen LogP contribution in [0.5, 0.6) is 0 Å². The van der Waals surface area contributed by atoms with Crippen LogP contribution < -0.4 is 10.6 Å². The Balaban J connectivity index is 2.07. The lowest BCUT2D eigenvalue weighted by molar-refractivity contribution is 0.0697. The Morgan fingerprint density at radius 2 is 2.11 bits per heavy atom. The highest BCUT2D eigenvalue weighted by atomic mass is 16.4. The number of aromatic amines is 1. The first-order chi connectivity index (χ1) is 9.06. The van der Waals surface area contributed by atoms with E-state index in [9.17, 15) is 9.59 Å².